The van der Waals surface area contributed by atoms with Crippen LogP contribution in [0.4, 0.5) is 5.69 Å². The average Bonchev–Trinajstić information content (AvgIpc) is 2.97. The highest BCUT2D eigenvalue weighted by Crippen LogP contribution is 2.37. The maximum atomic E-state index is 12.8. The molecular formula is C25H31BrN2O2. The summed E-state index contributed by atoms with van der Waals surface area (Å²) >= 11 is 3.71. The second-order valence-corrected chi connectivity index (χ2v) is 9.73. The lowest BCUT2D eigenvalue weighted by molar-refractivity contribution is -0.119. The maximum Gasteiger partial charge on any atom is 0.235 e. The van der Waals surface area contributed by atoms with Gasteiger partial charge in [-0.25, -0.2) is 0 Å². The van der Waals surface area contributed by atoms with E-state index in [4.69, 9.17) is 4.74 Å². The number of fused-ring (bicyclic) bond motifs is 1. The van der Waals surface area contributed by atoms with E-state index in [1.807, 2.05) is 30.1 Å². The van der Waals surface area contributed by atoms with Crippen molar-refractivity contribution >= 4 is 27.5 Å². The first-order chi connectivity index (χ1) is 14.4. The summed E-state index contributed by atoms with van der Waals surface area (Å²) in [6.07, 6.45) is 3.59. The molecule has 1 fully saturated rings. The first-order valence-corrected chi connectivity index (χ1v) is 11.8. The van der Waals surface area contributed by atoms with E-state index in [1.165, 1.54) is 24.0 Å². The second kappa shape index (κ2) is 9.11. The molecule has 0 aliphatic carbocycles. The minimum Gasteiger partial charge on any atom is -0.491 e. The number of hydrogen-bond donors (Lipinski definition) is 0. The summed E-state index contributed by atoms with van der Waals surface area (Å²) in [4.78, 5) is 17.1. The Hall–Kier alpha value is -1.85. The Kier molecular flexibility index (Phi) is 6.49. The van der Waals surface area contributed by atoms with Crippen LogP contribution in [0.1, 0.15) is 43.7 Å². The number of piperidine rings is 1. The van der Waals surface area contributed by atoms with E-state index in [0.717, 1.165) is 42.0 Å². The van der Waals surface area contributed by atoms with Gasteiger partial charge in [0.2, 0.25) is 5.91 Å². The van der Waals surface area contributed by atoms with Crippen LogP contribution in [0, 0.1) is 5.92 Å². The van der Waals surface area contributed by atoms with Gasteiger partial charge >= 0.3 is 0 Å². The van der Waals surface area contributed by atoms with Gasteiger partial charge in [-0.15, -0.1) is 0 Å². The van der Waals surface area contributed by atoms with Crippen LogP contribution in [0.3, 0.4) is 0 Å². The third-order valence-corrected chi connectivity index (χ3v) is 7.12. The second-order valence-electron chi connectivity index (χ2n) is 8.88. The van der Waals surface area contributed by atoms with Crippen LogP contribution < -0.4 is 9.64 Å². The Morgan fingerprint density at radius 2 is 1.87 bits per heavy atom. The molecule has 0 N–H and O–H groups in total. The number of hydrogen-bond acceptors (Lipinski definition) is 3. The highest BCUT2D eigenvalue weighted by atomic mass is 79.9. The Balaban J connectivity index is 1.34. The number of ether oxygens (including phenoxy) is 1. The first-order valence-electron chi connectivity index (χ1n) is 11.0. The van der Waals surface area contributed by atoms with Gasteiger partial charge in [0.1, 0.15) is 5.75 Å². The van der Waals surface area contributed by atoms with Crippen molar-refractivity contribution in [2.75, 3.05) is 31.6 Å². The molecule has 4 rings (SSSR count). The molecule has 160 valence electrons. The molecule has 2 aromatic rings. The fourth-order valence-electron chi connectivity index (χ4n) is 4.74. The van der Waals surface area contributed by atoms with Crippen molar-refractivity contribution in [3.63, 3.8) is 0 Å². The molecule has 30 heavy (non-hydrogen) atoms. The number of carbonyl (C=O) groups excluding carboxylic acids is 1. The Morgan fingerprint density at radius 3 is 2.60 bits per heavy atom. The number of carbonyl (C=O) groups is 1. The van der Waals surface area contributed by atoms with E-state index in [1.54, 1.807) is 0 Å². The number of rotatable bonds is 6. The average molecular weight is 471 g/mol. The largest absolute Gasteiger partial charge is 0.491 e. The summed E-state index contributed by atoms with van der Waals surface area (Å²) in [7, 11) is 1.89. The van der Waals surface area contributed by atoms with Crippen LogP contribution in [0.15, 0.2) is 46.9 Å². The van der Waals surface area contributed by atoms with Crippen LogP contribution in [-0.2, 0) is 11.2 Å². The smallest absolute Gasteiger partial charge is 0.235 e. The fraction of sp³-hybridized carbons (Fsp3) is 0.480. The Labute approximate surface area is 188 Å². The minimum absolute atomic E-state index is 0.0261. The number of halogens is 1. The molecule has 4 nitrogen and oxygen atoms in total. The molecule has 0 saturated carbocycles. The molecule has 2 aliphatic rings. The molecule has 2 aromatic carbocycles. The third-order valence-electron chi connectivity index (χ3n) is 6.35. The summed E-state index contributed by atoms with van der Waals surface area (Å²) < 4.78 is 7.04. The molecule has 1 saturated heterocycles. The molecule has 0 aromatic heterocycles. The van der Waals surface area contributed by atoms with Crippen molar-refractivity contribution in [1.29, 1.82) is 0 Å². The van der Waals surface area contributed by atoms with Crippen LogP contribution in [-0.4, -0.2) is 43.6 Å². The fourth-order valence-corrected chi connectivity index (χ4v) is 5.15. The van der Waals surface area contributed by atoms with Gasteiger partial charge in [0.15, 0.2) is 0 Å². The molecule has 0 spiro atoms. The lowest BCUT2D eigenvalue weighted by Gasteiger charge is -2.33. The number of benzene rings is 2. The van der Waals surface area contributed by atoms with Gasteiger partial charge in [-0.2, -0.15) is 0 Å². The summed E-state index contributed by atoms with van der Waals surface area (Å²) in [6.45, 7) is 7.06. The Bertz CT molecular complexity index is 906. The van der Waals surface area contributed by atoms with Crippen molar-refractivity contribution in [3.05, 3.63) is 58.1 Å². The molecule has 1 unspecified atom stereocenters. The van der Waals surface area contributed by atoms with Crippen LogP contribution >= 0.6 is 15.9 Å². The predicted molar refractivity (Wildman–Crippen MR) is 125 cm³/mol. The summed E-state index contributed by atoms with van der Waals surface area (Å²) in [5, 5.41) is 0. The van der Waals surface area contributed by atoms with Crippen molar-refractivity contribution in [3.8, 4) is 5.75 Å². The maximum absolute atomic E-state index is 12.8. The highest BCUT2D eigenvalue weighted by Gasteiger charge is 2.36. The molecule has 0 radical (unpaired) electrons. The van der Waals surface area contributed by atoms with Crippen molar-refractivity contribution in [2.24, 2.45) is 5.92 Å². The van der Waals surface area contributed by atoms with Crippen LogP contribution in [0.25, 0.3) is 0 Å². The summed E-state index contributed by atoms with van der Waals surface area (Å²) in [5.41, 5.74) is 3.57. The van der Waals surface area contributed by atoms with E-state index in [2.05, 4.69) is 58.9 Å². The number of amides is 1. The van der Waals surface area contributed by atoms with Crippen LogP contribution in [0.5, 0.6) is 5.75 Å². The zero-order chi connectivity index (χ0) is 21.3. The number of nitrogens with zero attached hydrogens (tertiary/aromatic N) is 2. The summed E-state index contributed by atoms with van der Waals surface area (Å²) in [5.74, 6) is 1.82. The van der Waals surface area contributed by atoms with E-state index in [9.17, 15) is 4.79 Å². The van der Waals surface area contributed by atoms with Gasteiger partial charge in [-0.3, -0.25) is 4.79 Å². The van der Waals surface area contributed by atoms with Crippen LogP contribution in [0.2, 0.25) is 0 Å². The number of likely N-dealkylation sites (N-methyl/N-ethyl adjacent to an activating group) is 1. The third kappa shape index (κ3) is 4.57. The lowest BCUT2D eigenvalue weighted by atomic mass is 9.89. The van der Waals surface area contributed by atoms with Gasteiger partial charge in [0.25, 0.3) is 0 Å². The first kappa shape index (κ1) is 21.4. The van der Waals surface area contributed by atoms with Gasteiger partial charge < -0.3 is 14.5 Å². The zero-order valence-electron chi connectivity index (χ0n) is 18.1. The van der Waals surface area contributed by atoms with E-state index in [-0.39, 0.29) is 17.9 Å². The number of anilines is 1. The quantitative estimate of drug-likeness (QED) is 0.577. The lowest BCUT2D eigenvalue weighted by Crippen LogP contribution is -2.39. The molecule has 1 amide bonds. The zero-order valence-corrected chi connectivity index (χ0v) is 19.7. The van der Waals surface area contributed by atoms with Crippen molar-refractivity contribution < 1.29 is 9.53 Å². The predicted octanol–water partition coefficient (Wildman–Crippen LogP) is 5.25. The summed E-state index contributed by atoms with van der Waals surface area (Å²) in [6, 6.07) is 14.5. The molecule has 1 atom stereocenters. The monoisotopic (exact) mass is 470 g/mol. The SMILES string of the molecule is CC(C)Oc1ccc(Br)c(CC2CCN(CC3C(=O)N(C)c4ccccc43)CC2)c1. The number of para-hydroxylation sites is 1. The molecule has 0 bridgehead atoms. The van der Waals surface area contributed by atoms with Gasteiger partial charge in [-0.1, -0.05) is 34.1 Å². The van der Waals surface area contributed by atoms with E-state index in [0.29, 0.717) is 5.92 Å². The molecule has 5 heteroatoms. The van der Waals surface area contributed by atoms with E-state index < -0.39 is 0 Å². The number of likely N-dealkylation sites (tertiary alicyclic amines) is 1. The molecular weight excluding hydrogens is 440 g/mol. The normalized spacial score (nSPS) is 20.1. The van der Waals surface area contributed by atoms with E-state index >= 15 is 0 Å². The Morgan fingerprint density at radius 1 is 1.13 bits per heavy atom. The van der Waals surface area contributed by atoms with Gasteiger partial charge in [0, 0.05) is 23.8 Å². The topological polar surface area (TPSA) is 32.8 Å². The van der Waals surface area contributed by atoms with Crippen molar-refractivity contribution in [2.45, 2.75) is 45.1 Å². The molecule has 2 aliphatic heterocycles. The standard InChI is InChI=1S/C25H31BrN2O2/c1-17(2)30-20-8-9-23(26)19(15-20)14-18-10-12-28(13-11-18)16-22-21-6-4-5-7-24(21)27(3)25(22)29/h4-9,15,17-18,22H,10-14,16H2,1-3H3. The van der Waals surface area contributed by atoms with Gasteiger partial charge in [-0.05, 0) is 87.5 Å². The van der Waals surface area contributed by atoms with Crippen molar-refractivity contribution in [1.82, 2.24) is 4.90 Å². The molecule has 2 heterocycles. The highest BCUT2D eigenvalue weighted by molar-refractivity contribution is 9.10. The minimum atomic E-state index is -0.0261. The van der Waals surface area contributed by atoms with Gasteiger partial charge in [0.05, 0.1) is 12.0 Å².